The Labute approximate surface area is 154 Å². The first kappa shape index (κ1) is 17.3. The molecule has 3 saturated heterocycles. The molecule has 0 aromatic heterocycles. The van der Waals surface area contributed by atoms with Gasteiger partial charge in [0.15, 0.2) is 5.72 Å². The van der Waals surface area contributed by atoms with Crippen molar-refractivity contribution in [2.24, 2.45) is 5.92 Å². The van der Waals surface area contributed by atoms with E-state index in [0.29, 0.717) is 49.8 Å². The molecule has 4 rings (SSSR count). The zero-order valence-corrected chi connectivity index (χ0v) is 15.6. The number of para-hydroxylation sites is 1. The van der Waals surface area contributed by atoms with Crippen molar-refractivity contribution in [3.05, 3.63) is 29.8 Å². The summed E-state index contributed by atoms with van der Waals surface area (Å²) in [5, 5.41) is 0. The number of benzene rings is 1. The molecule has 3 aliphatic heterocycles. The second-order valence-corrected chi connectivity index (χ2v) is 7.63. The fourth-order valence-corrected chi connectivity index (χ4v) is 4.69. The number of carbonyl (C=O) groups excluding carboxylic acids is 2. The molecule has 6 heteroatoms. The Hall–Kier alpha value is -2.08. The van der Waals surface area contributed by atoms with E-state index >= 15 is 0 Å². The van der Waals surface area contributed by atoms with Gasteiger partial charge in [0, 0.05) is 13.0 Å². The fourth-order valence-electron chi connectivity index (χ4n) is 4.69. The van der Waals surface area contributed by atoms with E-state index in [-0.39, 0.29) is 23.9 Å². The van der Waals surface area contributed by atoms with Gasteiger partial charge in [0.1, 0.15) is 5.75 Å². The second-order valence-electron chi connectivity index (χ2n) is 7.63. The van der Waals surface area contributed by atoms with E-state index in [4.69, 9.17) is 9.47 Å². The molecule has 0 saturated carbocycles. The lowest BCUT2D eigenvalue weighted by Gasteiger charge is -2.34. The minimum atomic E-state index is -0.637. The van der Waals surface area contributed by atoms with Crippen LogP contribution in [0.5, 0.6) is 5.75 Å². The summed E-state index contributed by atoms with van der Waals surface area (Å²) in [7, 11) is 0. The maximum atomic E-state index is 13.3. The van der Waals surface area contributed by atoms with Crippen LogP contribution in [0.15, 0.2) is 24.3 Å². The third-order valence-electron chi connectivity index (χ3n) is 5.94. The summed E-state index contributed by atoms with van der Waals surface area (Å²) in [5.74, 6) is 0.944. The predicted molar refractivity (Wildman–Crippen MR) is 95.8 cm³/mol. The highest BCUT2D eigenvalue weighted by atomic mass is 16.5. The molecule has 26 heavy (non-hydrogen) atoms. The molecule has 1 aromatic carbocycles. The van der Waals surface area contributed by atoms with Crippen LogP contribution in [0.1, 0.15) is 44.0 Å². The van der Waals surface area contributed by atoms with Crippen LogP contribution in [0, 0.1) is 5.92 Å². The fraction of sp³-hybridized carbons (Fsp3) is 0.600. The van der Waals surface area contributed by atoms with Gasteiger partial charge in [-0.1, -0.05) is 26.0 Å². The number of amides is 2. The Kier molecular flexibility index (Phi) is 4.18. The highest BCUT2D eigenvalue weighted by Gasteiger charge is 2.65. The van der Waals surface area contributed by atoms with Crippen molar-refractivity contribution < 1.29 is 19.1 Å². The third-order valence-corrected chi connectivity index (χ3v) is 5.94. The number of hydrogen-bond donors (Lipinski definition) is 0. The van der Waals surface area contributed by atoms with Gasteiger partial charge in [0.05, 0.1) is 37.3 Å². The standard InChI is InChI=1S/C20H26N2O4/c1-4-25-16-8-6-5-7-14(16)19(24)21-10-9-20-17(21)11-18(23)22(20)15(12-26-20)13(2)3/h5-8,13,15,17H,4,9-12H2,1-3H3/t15-,17+,20-/m0/s1. The summed E-state index contributed by atoms with van der Waals surface area (Å²) in [4.78, 5) is 29.7. The van der Waals surface area contributed by atoms with E-state index in [9.17, 15) is 9.59 Å². The molecule has 3 heterocycles. The topological polar surface area (TPSA) is 59.1 Å². The van der Waals surface area contributed by atoms with Gasteiger partial charge in [-0.25, -0.2) is 0 Å². The molecule has 0 aliphatic carbocycles. The van der Waals surface area contributed by atoms with Crippen LogP contribution in [0.4, 0.5) is 0 Å². The van der Waals surface area contributed by atoms with Gasteiger partial charge >= 0.3 is 0 Å². The summed E-state index contributed by atoms with van der Waals surface area (Å²) in [6, 6.07) is 7.18. The summed E-state index contributed by atoms with van der Waals surface area (Å²) in [6.07, 6.45) is 1.01. The second kappa shape index (κ2) is 6.27. The van der Waals surface area contributed by atoms with Crippen LogP contribution >= 0.6 is 0 Å². The monoisotopic (exact) mass is 358 g/mol. The van der Waals surface area contributed by atoms with E-state index in [1.54, 1.807) is 6.07 Å². The van der Waals surface area contributed by atoms with Gasteiger partial charge in [0.2, 0.25) is 5.91 Å². The first-order valence-corrected chi connectivity index (χ1v) is 9.48. The van der Waals surface area contributed by atoms with Crippen molar-refractivity contribution in [3.63, 3.8) is 0 Å². The molecule has 1 spiro atoms. The number of rotatable bonds is 4. The molecule has 140 valence electrons. The van der Waals surface area contributed by atoms with Gasteiger partial charge in [-0.3, -0.25) is 9.59 Å². The minimum Gasteiger partial charge on any atom is -0.493 e. The van der Waals surface area contributed by atoms with Crippen LogP contribution in [0.25, 0.3) is 0 Å². The highest BCUT2D eigenvalue weighted by Crippen LogP contribution is 2.49. The van der Waals surface area contributed by atoms with Crippen LogP contribution < -0.4 is 4.74 Å². The van der Waals surface area contributed by atoms with Gasteiger partial charge in [-0.15, -0.1) is 0 Å². The molecule has 0 N–H and O–H groups in total. The average Bonchev–Trinajstić information content (AvgIpc) is 3.24. The molecule has 0 unspecified atom stereocenters. The van der Waals surface area contributed by atoms with Crippen LogP contribution in [-0.2, 0) is 9.53 Å². The lowest BCUT2D eigenvalue weighted by atomic mass is 10.0. The summed E-state index contributed by atoms with van der Waals surface area (Å²) < 4.78 is 11.8. The minimum absolute atomic E-state index is 0.0813. The van der Waals surface area contributed by atoms with E-state index in [1.165, 1.54) is 0 Å². The highest BCUT2D eigenvalue weighted by molar-refractivity contribution is 5.98. The quantitative estimate of drug-likeness (QED) is 0.829. The molecule has 0 radical (unpaired) electrons. The third kappa shape index (κ3) is 2.35. The Morgan fingerprint density at radius 1 is 1.38 bits per heavy atom. The lowest BCUT2D eigenvalue weighted by Crippen LogP contribution is -2.51. The zero-order valence-electron chi connectivity index (χ0n) is 15.6. The Morgan fingerprint density at radius 2 is 2.15 bits per heavy atom. The summed E-state index contributed by atoms with van der Waals surface area (Å²) in [6.45, 7) is 7.78. The van der Waals surface area contributed by atoms with Crippen LogP contribution in [-0.4, -0.2) is 59.2 Å². The van der Waals surface area contributed by atoms with Gasteiger partial charge in [0.25, 0.3) is 5.91 Å². The van der Waals surface area contributed by atoms with E-state index in [1.807, 2.05) is 34.9 Å². The number of ether oxygens (including phenoxy) is 2. The Bertz CT molecular complexity index is 734. The SMILES string of the molecule is CCOc1ccccc1C(=O)N1CC[C@@]23OC[C@@H](C(C)C)N2C(=O)C[C@@H]13. The zero-order chi connectivity index (χ0) is 18.5. The summed E-state index contributed by atoms with van der Waals surface area (Å²) in [5.41, 5.74) is -0.0851. The molecule has 0 bridgehead atoms. The van der Waals surface area contributed by atoms with Crippen molar-refractivity contribution in [1.82, 2.24) is 9.80 Å². The lowest BCUT2D eigenvalue weighted by molar-refractivity contribution is -0.139. The van der Waals surface area contributed by atoms with E-state index in [2.05, 4.69) is 13.8 Å². The van der Waals surface area contributed by atoms with Crippen LogP contribution in [0.3, 0.4) is 0 Å². The number of carbonyl (C=O) groups is 2. The van der Waals surface area contributed by atoms with Crippen molar-refractivity contribution in [3.8, 4) is 5.75 Å². The molecule has 1 aromatic rings. The molecule has 3 aliphatic rings. The predicted octanol–water partition coefficient (Wildman–Crippen LogP) is 2.28. The van der Waals surface area contributed by atoms with Crippen molar-refractivity contribution in [1.29, 1.82) is 0 Å². The Morgan fingerprint density at radius 3 is 2.88 bits per heavy atom. The van der Waals surface area contributed by atoms with E-state index < -0.39 is 5.72 Å². The number of likely N-dealkylation sites (tertiary alicyclic amines) is 1. The van der Waals surface area contributed by atoms with E-state index in [0.717, 1.165) is 0 Å². The van der Waals surface area contributed by atoms with Crippen LogP contribution in [0.2, 0.25) is 0 Å². The van der Waals surface area contributed by atoms with Crippen molar-refractivity contribution in [2.45, 2.75) is 51.4 Å². The van der Waals surface area contributed by atoms with Crippen molar-refractivity contribution in [2.75, 3.05) is 19.8 Å². The average molecular weight is 358 g/mol. The Balaban J connectivity index is 1.64. The molecular weight excluding hydrogens is 332 g/mol. The largest absolute Gasteiger partial charge is 0.493 e. The first-order valence-electron chi connectivity index (χ1n) is 9.48. The molecule has 3 fully saturated rings. The number of nitrogens with zero attached hydrogens (tertiary/aromatic N) is 2. The first-order chi connectivity index (χ1) is 12.5. The molecular formula is C20H26N2O4. The van der Waals surface area contributed by atoms with Gasteiger partial charge in [-0.2, -0.15) is 0 Å². The summed E-state index contributed by atoms with van der Waals surface area (Å²) >= 11 is 0. The normalized spacial score (nSPS) is 30.1. The smallest absolute Gasteiger partial charge is 0.258 e. The van der Waals surface area contributed by atoms with Crippen molar-refractivity contribution >= 4 is 11.8 Å². The number of hydrogen-bond acceptors (Lipinski definition) is 4. The van der Waals surface area contributed by atoms with Gasteiger partial charge in [-0.05, 0) is 25.0 Å². The molecule has 6 nitrogen and oxygen atoms in total. The maximum absolute atomic E-state index is 13.3. The molecule has 2 amide bonds. The van der Waals surface area contributed by atoms with Gasteiger partial charge < -0.3 is 19.3 Å². The maximum Gasteiger partial charge on any atom is 0.258 e. The molecule has 3 atom stereocenters.